The number of carboxylic acid groups (broad SMARTS) is 1. The zero-order chi connectivity index (χ0) is 12.0. The maximum atomic E-state index is 10.6. The zero-order valence-electron chi connectivity index (χ0n) is 8.56. The molecule has 86 valence electrons. The van der Waals surface area contributed by atoms with Crippen LogP contribution in [0.25, 0.3) is 0 Å². The van der Waals surface area contributed by atoms with Gasteiger partial charge in [-0.1, -0.05) is 18.2 Å². The fraction of sp³-hybridized carbons (Fsp3) is 0.200. The average molecular weight is 239 g/mol. The lowest BCUT2D eigenvalue weighted by Gasteiger charge is -2.11. The van der Waals surface area contributed by atoms with Gasteiger partial charge in [0.2, 0.25) is 0 Å². The van der Waals surface area contributed by atoms with E-state index >= 15 is 0 Å². The first-order chi connectivity index (χ1) is 7.63. The molecule has 1 aromatic carbocycles. The summed E-state index contributed by atoms with van der Waals surface area (Å²) < 4.78 is 0. The maximum absolute atomic E-state index is 10.6. The zero-order valence-corrected chi connectivity index (χ0v) is 9.38. The predicted octanol–water partition coefficient (Wildman–Crippen LogP) is 0.516. The number of carbonyl (C=O) groups is 1. The second kappa shape index (κ2) is 6.04. The smallest absolute Gasteiger partial charge is 0.307 e. The SMILES string of the molecule is NCNC(=S)Nc1ccccc1CC(=O)O. The van der Waals surface area contributed by atoms with E-state index in [-0.39, 0.29) is 13.1 Å². The Morgan fingerprint density at radius 1 is 1.44 bits per heavy atom. The van der Waals surface area contributed by atoms with Crippen molar-refractivity contribution in [1.29, 1.82) is 0 Å². The summed E-state index contributed by atoms with van der Waals surface area (Å²) in [7, 11) is 0. The lowest BCUT2D eigenvalue weighted by molar-refractivity contribution is -0.136. The molecule has 1 aromatic rings. The molecule has 0 saturated heterocycles. The van der Waals surface area contributed by atoms with Gasteiger partial charge < -0.3 is 21.5 Å². The Kier molecular flexibility index (Phi) is 4.68. The summed E-state index contributed by atoms with van der Waals surface area (Å²) >= 11 is 4.96. The van der Waals surface area contributed by atoms with Crippen LogP contribution in [0.15, 0.2) is 24.3 Å². The summed E-state index contributed by atoms with van der Waals surface area (Å²) in [5, 5.41) is 14.7. The molecule has 0 saturated carbocycles. The van der Waals surface area contributed by atoms with E-state index in [1.165, 1.54) is 0 Å². The van der Waals surface area contributed by atoms with Crippen LogP contribution in [0.4, 0.5) is 5.69 Å². The second-order valence-electron chi connectivity index (χ2n) is 3.06. The third-order valence-corrected chi connectivity index (χ3v) is 2.12. The van der Waals surface area contributed by atoms with E-state index in [9.17, 15) is 4.79 Å². The van der Waals surface area contributed by atoms with Gasteiger partial charge >= 0.3 is 5.97 Å². The second-order valence-corrected chi connectivity index (χ2v) is 3.47. The van der Waals surface area contributed by atoms with Gasteiger partial charge in [0.25, 0.3) is 0 Å². The molecule has 5 nitrogen and oxygen atoms in total. The van der Waals surface area contributed by atoms with Crippen LogP contribution < -0.4 is 16.4 Å². The summed E-state index contributed by atoms with van der Waals surface area (Å²) in [6.07, 6.45) is -0.0472. The predicted molar refractivity (Wildman–Crippen MR) is 66.2 cm³/mol. The number of thiocarbonyl (C=S) groups is 1. The van der Waals surface area contributed by atoms with Crippen LogP contribution in [0.3, 0.4) is 0 Å². The van der Waals surface area contributed by atoms with Crippen LogP contribution in [-0.4, -0.2) is 22.9 Å². The maximum Gasteiger partial charge on any atom is 0.307 e. The van der Waals surface area contributed by atoms with Crippen molar-refractivity contribution in [3.05, 3.63) is 29.8 Å². The number of rotatable bonds is 4. The molecule has 16 heavy (non-hydrogen) atoms. The standard InChI is InChI=1S/C10H13N3O2S/c11-6-12-10(16)13-8-4-2-1-3-7(8)5-9(14)15/h1-4H,5-6,11H2,(H,14,15)(H2,12,13,16). The first-order valence-corrected chi connectivity index (χ1v) is 5.09. The Bertz CT molecular complexity index is 395. The number of aliphatic carboxylic acids is 1. The molecule has 0 spiro atoms. The molecule has 0 radical (unpaired) electrons. The third kappa shape index (κ3) is 3.84. The molecule has 0 heterocycles. The van der Waals surface area contributed by atoms with Crippen molar-refractivity contribution in [2.24, 2.45) is 5.73 Å². The molecule has 0 amide bonds. The molecule has 0 aliphatic rings. The van der Waals surface area contributed by atoms with E-state index in [1.54, 1.807) is 24.3 Å². The van der Waals surface area contributed by atoms with Gasteiger partial charge in [-0.05, 0) is 23.8 Å². The van der Waals surface area contributed by atoms with E-state index in [0.29, 0.717) is 16.4 Å². The Balaban J connectivity index is 2.78. The van der Waals surface area contributed by atoms with Gasteiger partial charge in [-0.25, -0.2) is 0 Å². The number of hydrogen-bond donors (Lipinski definition) is 4. The minimum Gasteiger partial charge on any atom is -0.481 e. The minimum absolute atomic E-state index is 0.0472. The normalized spacial score (nSPS) is 9.56. The Morgan fingerprint density at radius 3 is 2.75 bits per heavy atom. The van der Waals surface area contributed by atoms with E-state index < -0.39 is 5.97 Å². The van der Waals surface area contributed by atoms with Gasteiger partial charge in [0.15, 0.2) is 5.11 Å². The van der Waals surface area contributed by atoms with Crippen molar-refractivity contribution < 1.29 is 9.90 Å². The number of hydrogen-bond acceptors (Lipinski definition) is 3. The number of nitrogens with one attached hydrogen (secondary N) is 2. The topological polar surface area (TPSA) is 87.4 Å². The number of carboxylic acids is 1. The Labute approximate surface area is 98.6 Å². The van der Waals surface area contributed by atoms with Crippen molar-refractivity contribution in [2.75, 3.05) is 12.0 Å². The lowest BCUT2D eigenvalue weighted by Crippen LogP contribution is -2.33. The van der Waals surface area contributed by atoms with Gasteiger partial charge in [0.1, 0.15) is 0 Å². The Hall–Kier alpha value is -1.66. The molecule has 0 bridgehead atoms. The number of nitrogens with two attached hydrogens (primary N) is 1. The molecule has 5 N–H and O–H groups in total. The number of benzene rings is 1. The molecule has 6 heteroatoms. The van der Waals surface area contributed by atoms with Crippen molar-refractivity contribution in [1.82, 2.24) is 5.32 Å². The minimum atomic E-state index is -0.882. The summed E-state index contributed by atoms with van der Waals surface area (Å²) in [6, 6.07) is 7.09. The van der Waals surface area contributed by atoms with Gasteiger partial charge in [0.05, 0.1) is 13.1 Å². The van der Waals surface area contributed by atoms with Crippen molar-refractivity contribution in [3.63, 3.8) is 0 Å². The highest BCUT2D eigenvalue weighted by Crippen LogP contribution is 2.15. The average Bonchev–Trinajstić information content (AvgIpc) is 2.20. The largest absolute Gasteiger partial charge is 0.481 e. The fourth-order valence-electron chi connectivity index (χ4n) is 1.22. The molecule has 0 aromatic heterocycles. The highest BCUT2D eigenvalue weighted by Gasteiger charge is 2.06. The molecule has 0 fully saturated rings. The van der Waals surface area contributed by atoms with E-state index in [2.05, 4.69) is 10.6 Å². The van der Waals surface area contributed by atoms with Crippen molar-refractivity contribution in [3.8, 4) is 0 Å². The third-order valence-electron chi connectivity index (χ3n) is 1.87. The van der Waals surface area contributed by atoms with Crippen LogP contribution in [-0.2, 0) is 11.2 Å². The number of anilines is 1. The lowest BCUT2D eigenvalue weighted by atomic mass is 10.1. The number of para-hydroxylation sites is 1. The first-order valence-electron chi connectivity index (χ1n) is 4.68. The summed E-state index contributed by atoms with van der Waals surface area (Å²) in [5.74, 6) is -0.882. The van der Waals surface area contributed by atoms with Crippen LogP contribution in [0, 0.1) is 0 Å². The van der Waals surface area contributed by atoms with Gasteiger partial charge in [-0.3, -0.25) is 4.79 Å². The van der Waals surface area contributed by atoms with E-state index in [1.807, 2.05) is 0 Å². The van der Waals surface area contributed by atoms with Crippen LogP contribution in [0.5, 0.6) is 0 Å². The highest BCUT2D eigenvalue weighted by molar-refractivity contribution is 7.80. The molecule has 0 atom stereocenters. The molecule has 1 rings (SSSR count). The van der Waals surface area contributed by atoms with Gasteiger partial charge in [-0.2, -0.15) is 0 Å². The first kappa shape index (κ1) is 12.4. The summed E-state index contributed by atoms with van der Waals surface area (Å²) in [4.78, 5) is 10.6. The summed E-state index contributed by atoms with van der Waals surface area (Å²) in [5.41, 5.74) is 6.62. The molecule has 0 unspecified atom stereocenters. The Morgan fingerprint density at radius 2 is 2.12 bits per heavy atom. The highest BCUT2D eigenvalue weighted by atomic mass is 32.1. The van der Waals surface area contributed by atoms with Gasteiger partial charge in [-0.15, -0.1) is 0 Å². The molecular weight excluding hydrogens is 226 g/mol. The van der Waals surface area contributed by atoms with Crippen molar-refractivity contribution >= 4 is 29.0 Å². The molecule has 0 aliphatic carbocycles. The quantitative estimate of drug-likeness (QED) is 0.452. The van der Waals surface area contributed by atoms with Gasteiger partial charge in [0, 0.05) is 5.69 Å². The summed E-state index contributed by atoms with van der Waals surface area (Å²) in [6.45, 7) is 0.229. The molecular formula is C10H13N3O2S. The van der Waals surface area contributed by atoms with Crippen LogP contribution in [0.1, 0.15) is 5.56 Å². The van der Waals surface area contributed by atoms with E-state index in [0.717, 1.165) is 0 Å². The van der Waals surface area contributed by atoms with Crippen molar-refractivity contribution in [2.45, 2.75) is 6.42 Å². The van der Waals surface area contributed by atoms with Crippen LogP contribution in [0.2, 0.25) is 0 Å². The van der Waals surface area contributed by atoms with E-state index in [4.69, 9.17) is 23.1 Å². The molecule has 0 aliphatic heterocycles. The van der Waals surface area contributed by atoms with Crippen LogP contribution >= 0.6 is 12.2 Å². The fourth-order valence-corrected chi connectivity index (χ4v) is 1.41. The monoisotopic (exact) mass is 239 g/mol.